The number of hydrogen-bond donors (Lipinski definition) is 2. The lowest BCUT2D eigenvalue weighted by atomic mass is 9.96. The number of aryl methyl sites for hydroxylation is 2. The van der Waals surface area contributed by atoms with Gasteiger partial charge in [-0.1, -0.05) is 49.4 Å². The van der Waals surface area contributed by atoms with Gasteiger partial charge in [0.25, 0.3) is 0 Å². The number of rotatable bonds is 9. The average molecular weight is 272 g/mol. The predicted octanol–water partition coefficient (Wildman–Crippen LogP) is 3.67. The van der Waals surface area contributed by atoms with Crippen molar-refractivity contribution >= 4 is 5.57 Å². The molecule has 0 atom stereocenters. The molecule has 0 spiro atoms. The third-order valence-corrected chi connectivity index (χ3v) is 3.35. The number of nitrogens with one attached hydrogen (secondary N) is 2. The fourth-order valence-electron chi connectivity index (χ4n) is 2.18. The summed E-state index contributed by atoms with van der Waals surface area (Å²) in [5.74, 6) is 0. The van der Waals surface area contributed by atoms with Gasteiger partial charge in [0.1, 0.15) is 0 Å². The third kappa shape index (κ3) is 5.62. The van der Waals surface area contributed by atoms with E-state index < -0.39 is 0 Å². The summed E-state index contributed by atoms with van der Waals surface area (Å²) in [6, 6.07) is 6.60. The summed E-state index contributed by atoms with van der Waals surface area (Å²) < 4.78 is 0. The second-order valence-corrected chi connectivity index (χ2v) is 5.32. The summed E-state index contributed by atoms with van der Waals surface area (Å²) in [5.41, 5.74) is 6.17. The zero-order chi connectivity index (χ0) is 15.0. The van der Waals surface area contributed by atoms with Crippen molar-refractivity contribution in [2.75, 3.05) is 19.6 Å². The van der Waals surface area contributed by atoms with E-state index in [0.717, 1.165) is 43.7 Å². The summed E-state index contributed by atoms with van der Waals surface area (Å²) in [6.45, 7) is 17.4. The Labute approximate surface area is 124 Å². The van der Waals surface area contributed by atoms with E-state index >= 15 is 0 Å². The Hall–Kier alpha value is -1.54. The zero-order valence-electron chi connectivity index (χ0n) is 13.2. The van der Waals surface area contributed by atoms with Crippen LogP contribution in [0, 0.1) is 6.92 Å². The molecule has 2 heteroatoms. The van der Waals surface area contributed by atoms with Crippen LogP contribution in [0.1, 0.15) is 37.0 Å². The van der Waals surface area contributed by atoms with Crippen LogP contribution in [0.4, 0.5) is 0 Å². The molecule has 1 aromatic rings. The van der Waals surface area contributed by atoms with E-state index in [0.29, 0.717) is 0 Å². The van der Waals surface area contributed by atoms with E-state index in [2.05, 4.69) is 62.8 Å². The number of benzene rings is 1. The van der Waals surface area contributed by atoms with Gasteiger partial charge >= 0.3 is 0 Å². The maximum Gasteiger partial charge on any atom is 0.0269 e. The Morgan fingerprint density at radius 2 is 1.95 bits per heavy atom. The molecule has 110 valence electrons. The molecule has 1 rings (SSSR count). The lowest BCUT2D eigenvalue weighted by molar-refractivity contribution is 0.658. The van der Waals surface area contributed by atoms with Gasteiger partial charge in [0, 0.05) is 18.8 Å². The van der Waals surface area contributed by atoms with Crippen LogP contribution in [-0.2, 0) is 6.42 Å². The SMILES string of the molecule is C=C(CCc1ccc(C)cc1C(=C)C)NCCNCC. The maximum absolute atomic E-state index is 4.10. The van der Waals surface area contributed by atoms with Gasteiger partial charge in [-0.2, -0.15) is 0 Å². The van der Waals surface area contributed by atoms with Crippen molar-refractivity contribution in [3.8, 4) is 0 Å². The van der Waals surface area contributed by atoms with Gasteiger partial charge in [-0.15, -0.1) is 0 Å². The van der Waals surface area contributed by atoms with Crippen molar-refractivity contribution < 1.29 is 0 Å². The van der Waals surface area contributed by atoms with E-state index in [-0.39, 0.29) is 0 Å². The Morgan fingerprint density at radius 3 is 2.60 bits per heavy atom. The van der Waals surface area contributed by atoms with Gasteiger partial charge in [0.05, 0.1) is 0 Å². The predicted molar refractivity (Wildman–Crippen MR) is 89.9 cm³/mol. The minimum absolute atomic E-state index is 0.938. The normalized spacial score (nSPS) is 10.3. The highest BCUT2D eigenvalue weighted by atomic mass is 14.9. The van der Waals surface area contributed by atoms with Crippen LogP contribution in [0.25, 0.3) is 5.57 Å². The monoisotopic (exact) mass is 272 g/mol. The van der Waals surface area contributed by atoms with Crippen LogP contribution in [0.2, 0.25) is 0 Å². The third-order valence-electron chi connectivity index (χ3n) is 3.35. The van der Waals surface area contributed by atoms with Gasteiger partial charge in [0.2, 0.25) is 0 Å². The molecule has 0 bridgehead atoms. The molecule has 0 aromatic heterocycles. The molecule has 2 nitrogen and oxygen atoms in total. The van der Waals surface area contributed by atoms with Gasteiger partial charge in [-0.3, -0.25) is 0 Å². The molecule has 0 amide bonds. The summed E-state index contributed by atoms with van der Waals surface area (Å²) in [7, 11) is 0. The summed E-state index contributed by atoms with van der Waals surface area (Å²) in [4.78, 5) is 0. The molecule has 2 N–H and O–H groups in total. The van der Waals surface area contributed by atoms with E-state index in [9.17, 15) is 0 Å². The molecule has 0 unspecified atom stereocenters. The van der Waals surface area contributed by atoms with Crippen LogP contribution >= 0.6 is 0 Å². The molecule has 0 heterocycles. The van der Waals surface area contributed by atoms with Crippen LogP contribution in [-0.4, -0.2) is 19.6 Å². The first-order chi connectivity index (χ1) is 9.54. The van der Waals surface area contributed by atoms with Crippen LogP contribution in [0.5, 0.6) is 0 Å². The lowest BCUT2D eigenvalue weighted by Gasteiger charge is -2.13. The van der Waals surface area contributed by atoms with Crippen molar-refractivity contribution in [1.29, 1.82) is 0 Å². The smallest absolute Gasteiger partial charge is 0.0269 e. The first-order valence-corrected chi connectivity index (χ1v) is 7.42. The van der Waals surface area contributed by atoms with Crippen molar-refractivity contribution in [3.63, 3.8) is 0 Å². The van der Waals surface area contributed by atoms with Gasteiger partial charge in [-0.05, 0) is 44.4 Å². The topological polar surface area (TPSA) is 24.1 Å². The first-order valence-electron chi connectivity index (χ1n) is 7.42. The molecular formula is C18H28N2. The zero-order valence-corrected chi connectivity index (χ0v) is 13.2. The fourth-order valence-corrected chi connectivity index (χ4v) is 2.18. The van der Waals surface area contributed by atoms with Crippen molar-refractivity contribution in [2.45, 2.75) is 33.6 Å². The van der Waals surface area contributed by atoms with Gasteiger partial charge < -0.3 is 10.6 Å². The largest absolute Gasteiger partial charge is 0.388 e. The Kier molecular flexibility index (Phi) is 7.10. The molecule has 1 aromatic carbocycles. The molecule has 0 saturated carbocycles. The Balaban J connectivity index is 2.49. The summed E-state index contributed by atoms with van der Waals surface area (Å²) in [6.07, 6.45) is 1.98. The molecule has 20 heavy (non-hydrogen) atoms. The van der Waals surface area contributed by atoms with Crippen molar-refractivity contribution in [1.82, 2.24) is 10.6 Å². The van der Waals surface area contributed by atoms with E-state index in [1.165, 1.54) is 16.7 Å². The molecule has 0 aliphatic rings. The van der Waals surface area contributed by atoms with E-state index in [1.807, 2.05) is 0 Å². The van der Waals surface area contributed by atoms with Crippen molar-refractivity contribution in [3.05, 3.63) is 53.7 Å². The Morgan fingerprint density at radius 1 is 1.20 bits per heavy atom. The van der Waals surface area contributed by atoms with Crippen LogP contribution in [0.15, 0.2) is 37.1 Å². The highest BCUT2D eigenvalue weighted by Gasteiger charge is 2.04. The lowest BCUT2D eigenvalue weighted by Crippen LogP contribution is -2.26. The Bertz CT molecular complexity index is 460. The van der Waals surface area contributed by atoms with Crippen LogP contribution < -0.4 is 10.6 Å². The minimum Gasteiger partial charge on any atom is -0.388 e. The number of hydrogen-bond acceptors (Lipinski definition) is 2. The van der Waals surface area contributed by atoms with Gasteiger partial charge in [-0.25, -0.2) is 0 Å². The molecular weight excluding hydrogens is 244 g/mol. The summed E-state index contributed by atoms with van der Waals surface area (Å²) in [5, 5.41) is 6.66. The molecule has 0 saturated heterocycles. The minimum atomic E-state index is 0.938. The average Bonchev–Trinajstić information content (AvgIpc) is 2.42. The van der Waals surface area contributed by atoms with Crippen molar-refractivity contribution in [2.24, 2.45) is 0 Å². The highest BCUT2D eigenvalue weighted by Crippen LogP contribution is 2.21. The second-order valence-electron chi connectivity index (χ2n) is 5.32. The maximum atomic E-state index is 4.10. The standard InChI is InChI=1S/C18H28N2/c1-6-19-11-12-20-16(5)8-10-17-9-7-15(4)13-18(17)14(2)3/h7,9,13,19-20H,2,5-6,8,10-12H2,1,3-4H3. The summed E-state index contributed by atoms with van der Waals surface area (Å²) >= 11 is 0. The number of allylic oxidation sites excluding steroid dienone is 2. The first kappa shape index (κ1) is 16.5. The van der Waals surface area contributed by atoms with E-state index in [4.69, 9.17) is 0 Å². The van der Waals surface area contributed by atoms with Crippen LogP contribution in [0.3, 0.4) is 0 Å². The molecule has 0 fully saturated rings. The fraction of sp³-hybridized carbons (Fsp3) is 0.444. The molecule has 0 radical (unpaired) electrons. The van der Waals surface area contributed by atoms with Gasteiger partial charge in [0.15, 0.2) is 0 Å². The quantitative estimate of drug-likeness (QED) is 0.670. The number of likely N-dealkylation sites (N-methyl/N-ethyl adjacent to an activating group) is 1. The highest BCUT2D eigenvalue weighted by molar-refractivity contribution is 5.65. The molecule has 0 aliphatic heterocycles. The molecule has 0 aliphatic carbocycles. The second kappa shape index (κ2) is 8.60. The van der Waals surface area contributed by atoms with E-state index in [1.54, 1.807) is 0 Å².